The van der Waals surface area contributed by atoms with Crippen molar-refractivity contribution in [1.29, 1.82) is 0 Å². The Kier molecular flexibility index (Phi) is 4.98. The highest BCUT2D eigenvalue weighted by atomic mass is 15.1. The van der Waals surface area contributed by atoms with E-state index in [0.717, 1.165) is 12.0 Å². The van der Waals surface area contributed by atoms with E-state index in [0.29, 0.717) is 5.41 Å². The van der Waals surface area contributed by atoms with E-state index in [1.165, 1.54) is 12.8 Å². The summed E-state index contributed by atoms with van der Waals surface area (Å²) in [6, 6.07) is 0.736. The van der Waals surface area contributed by atoms with Crippen molar-refractivity contribution in [3.8, 4) is 0 Å². The third kappa shape index (κ3) is 7.06. The van der Waals surface area contributed by atoms with E-state index in [9.17, 15) is 0 Å². The van der Waals surface area contributed by atoms with Crippen LogP contribution in [0.15, 0.2) is 0 Å². The number of hydrogen-bond acceptors (Lipinski definition) is 1. The molecule has 0 N–H and O–H groups in total. The molecule has 0 aliphatic carbocycles. The number of rotatable bonds is 4. The van der Waals surface area contributed by atoms with Gasteiger partial charge in [-0.2, -0.15) is 0 Å². The van der Waals surface area contributed by atoms with Gasteiger partial charge < -0.3 is 4.90 Å². The smallest absolute Gasteiger partial charge is 0.00965 e. The SMILES string of the molecule is CC(C)C[C@@H](CC(C)(C)C)N(C)C. The summed E-state index contributed by atoms with van der Waals surface area (Å²) in [5.41, 5.74) is 0.448. The first-order valence-electron chi connectivity index (χ1n) is 5.39. The molecule has 1 nitrogen and oxygen atoms in total. The molecule has 0 aromatic heterocycles. The monoisotopic (exact) mass is 185 g/mol. The second kappa shape index (κ2) is 4.99. The lowest BCUT2D eigenvalue weighted by Crippen LogP contribution is -2.33. The van der Waals surface area contributed by atoms with Gasteiger partial charge in [0.15, 0.2) is 0 Å². The zero-order valence-electron chi connectivity index (χ0n) is 10.5. The van der Waals surface area contributed by atoms with Crippen LogP contribution in [0.25, 0.3) is 0 Å². The highest BCUT2D eigenvalue weighted by Gasteiger charge is 2.20. The zero-order chi connectivity index (χ0) is 10.6. The Hall–Kier alpha value is -0.0400. The fourth-order valence-corrected chi connectivity index (χ4v) is 1.73. The van der Waals surface area contributed by atoms with Gasteiger partial charge in [0.25, 0.3) is 0 Å². The van der Waals surface area contributed by atoms with Crippen LogP contribution in [-0.2, 0) is 0 Å². The van der Waals surface area contributed by atoms with Gasteiger partial charge in [-0.25, -0.2) is 0 Å². The Bertz CT molecular complexity index is 131. The first-order chi connectivity index (χ1) is 5.72. The van der Waals surface area contributed by atoms with Crippen molar-refractivity contribution in [3.05, 3.63) is 0 Å². The van der Waals surface area contributed by atoms with Crippen molar-refractivity contribution in [2.75, 3.05) is 14.1 Å². The minimum atomic E-state index is 0.448. The fraction of sp³-hybridized carbons (Fsp3) is 1.00. The quantitative estimate of drug-likeness (QED) is 0.649. The van der Waals surface area contributed by atoms with Crippen LogP contribution < -0.4 is 0 Å². The maximum absolute atomic E-state index is 2.37. The van der Waals surface area contributed by atoms with E-state index >= 15 is 0 Å². The van der Waals surface area contributed by atoms with Crippen LogP contribution >= 0.6 is 0 Å². The first-order valence-corrected chi connectivity index (χ1v) is 5.39. The lowest BCUT2D eigenvalue weighted by atomic mass is 9.85. The summed E-state index contributed by atoms with van der Waals surface area (Å²) in [5, 5.41) is 0. The molecule has 0 saturated heterocycles. The topological polar surface area (TPSA) is 3.24 Å². The molecule has 0 amide bonds. The Balaban J connectivity index is 4.11. The second-order valence-corrected chi connectivity index (χ2v) is 6.01. The molecule has 0 rings (SSSR count). The molecule has 0 radical (unpaired) electrons. The minimum absolute atomic E-state index is 0.448. The average molecular weight is 185 g/mol. The third-order valence-electron chi connectivity index (χ3n) is 2.32. The molecule has 0 aromatic rings. The van der Waals surface area contributed by atoms with Crippen LogP contribution in [0, 0.1) is 11.3 Å². The Morgan fingerprint density at radius 3 is 1.77 bits per heavy atom. The highest BCUT2D eigenvalue weighted by Crippen LogP contribution is 2.25. The highest BCUT2D eigenvalue weighted by molar-refractivity contribution is 4.75. The van der Waals surface area contributed by atoms with E-state index in [1.54, 1.807) is 0 Å². The van der Waals surface area contributed by atoms with Gasteiger partial charge in [-0.15, -0.1) is 0 Å². The molecule has 0 fully saturated rings. The van der Waals surface area contributed by atoms with Crippen molar-refractivity contribution in [2.45, 2.75) is 53.5 Å². The van der Waals surface area contributed by atoms with E-state index in [1.807, 2.05) is 0 Å². The Morgan fingerprint density at radius 2 is 1.54 bits per heavy atom. The molecule has 0 saturated carbocycles. The fourth-order valence-electron chi connectivity index (χ4n) is 1.73. The van der Waals surface area contributed by atoms with Crippen molar-refractivity contribution < 1.29 is 0 Å². The predicted octanol–water partition coefficient (Wildman–Crippen LogP) is 3.40. The molecule has 0 heterocycles. The average Bonchev–Trinajstić information content (AvgIpc) is 1.81. The van der Waals surface area contributed by atoms with Crippen LogP contribution in [0.2, 0.25) is 0 Å². The summed E-state index contributed by atoms with van der Waals surface area (Å²) in [5.74, 6) is 0.801. The van der Waals surface area contributed by atoms with Crippen LogP contribution in [0.5, 0.6) is 0 Å². The second-order valence-electron chi connectivity index (χ2n) is 6.01. The predicted molar refractivity (Wildman–Crippen MR) is 61.0 cm³/mol. The van der Waals surface area contributed by atoms with Gasteiger partial charge in [0.05, 0.1) is 0 Å². The summed E-state index contributed by atoms with van der Waals surface area (Å²) in [6.45, 7) is 11.6. The Morgan fingerprint density at radius 1 is 1.08 bits per heavy atom. The van der Waals surface area contributed by atoms with E-state index < -0.39 is 0 Å². The Labute approximate surface area is 84.5 Å². The van der Waals surface area contributed by atoms with Crippen LogP contribution in [-0.4, -0.2) is 25.0 Å². The molecule has 0 spiro atoms. The van der Waals surface area contributed by atoms with Gasteiger partial charge in [-0.3, -0.25) is 0 Å². The van der Waals surface area contributed by atoms with Gasteiger partial charge in [0, 0.05) is 6.04 Å². The van der Waals surface area contributed by atoms with Gasteiger partial charge in [-0.1, -0.05) is 34.6 Å². The van der Waals surface area contributed by atoms with E-state index in [2.05, 4.69) is 53.6 Å². The molecule has 0 aliphatic rings. The van der Waals surface area contributed by atoms with Gasteiger partial charge in [0.2, 0.25) is 0 Å². The number of nitrogens with zero attached hydrogens (tertiary/aromatic N) is 1. The van der Waals surface area contributed by atoms with E-state index in [-0.39, 0.29) is 0 Å². The first kappa shape index (κ1) is 13.0. The van der Waals surface area contributed by atoms with Gasteiger partial charge in [0.1, 0.15) is 0 Å². The van der Waals surface area contributed by atoms with Crippen molar-refractivity contribution in [2.24, 2.45) is 11.3 Å². The summed E-state index contributed by atoms with van der Waals surface area (Å²) in [6.07, 6.45) is 2.60. The zero-order valence-corrected chi connectivity index (χ0v) is 10.5. The summed E-state index contributed by atoms with van der Waals surface area (Å²) < 4.78 is 0. The summed E-state index contributed by atoms with van der Waals surface area (Å²) in [4.78, 5) is 2.37. The molecule has 1 atom stereocenters. The molecule has 0 aliphatic heterocycles. The van der Waals surface area contributed by atoms with Crippen molar-refractivity contribution in [1.82, 2.24) is 4.90 Å². The lowest BCUT2D eigenvalue weighted by Gasteiger charge is -2.32. The van der Waals surface area contributed by atoms with Crippen LogP contribution in [0.1, 0.15) is 47.5 Å². The van der Waals surface area contributed by atoms with Gasteiger partial charge >= 0.3 is 0 Å². The maximum atomic E-state index is 2.37. The van der Waals surface area contributed by atoms with Crippen LogP contribution in [0.4, 0.5) is 0 Å². The molecule has 1 heteroatoms. The van der Waals surface area contributed by atoms with Crippen molar-refractivity contribution >= 4 is 0 Å². The molecular formula is C12H27N. The molecular weight excluding hydrogens is 158 g/mol. The maximum Gasteiger partial charge on any atom is 0.00965 e. The summed E-state index contributed by atoms with van der Waals surface area (Å²) >= 11 is 0. The normalized spacial score (nSPS) is 15.5. The molecule has 0 unspecified atom stereocenters. The van der Waals surface area contributed by atoms with Gasteiger partial charge in [-0.05, 0) is 38.3 Å². The van der Waals surface area contributed by atoms with Crippen LogP contribution in [0.3, 0.4) is 0 Å². The standard InChI is InChI=1S/C12H27N/c1-10(2)8-11(13(6)7)9-12(3,4)5/h10-11H,8-9H2,1-7H3/t11-/m0/s1. The van der Waals surface area contributed by atoms with E-state index in [4.69, 9.17) is 0 Å². The minimum Gasteiger partial charge on any atom is -0.306 e. The lowest BCUT2D eigenvalue weighted by molar-refractivity contribution is 0.184. The molecule has 0 aromatic carbocycles. The van der Waals surface area contributed by atoms with Crippen molar-refractivity contribution in [3.63, 3.8) is 0 Å². The molecule has 80 valence electrons. The number of hydrogen-bond donors (Lipinski definition) is 0. The largest absolute Gasteiger partial charge is 0.306 e. The summed E-state index contributed by atoms with van der Waals surface area (Å²) in [7, 11) is 4.39. The third-order valence-corrected chi connectivity index (χ3v) is 2.32. The molecule has 13 heavy (non-hydrogen) atoms. The molecule has 0 bridgehead atoms.